The Balaban J connectivity index is 2.41. The predicted octanol–water partition coefficient (Wildman–Crippen LogP) is 1.99. The summed E-state index contributed by atoms with van der Waals surface area (Å²) in [6, 6.07) is 11.4. The number of aromatic nitrogens is 2. The first kappa shape index (κ1) is 12.1. The molecule has 1 aromatic carbocycles. The van der Waals surface area contributed by atoms with E-state index in [4.69, 9.17) is 5.73 Å². The SMILES string of the molecule is Cn1c(N)cc(-c2c[nH]c3ccccc23)c(C#N)c1=O. The molecule has 0 aliphatic rings. The molecule has 3 aromatic rings. The molecule has 0 amide bonds. The van der Waals surface area contributed by atoms with Crippen molar-refractivity contribution in [3.05, 3.63) is 52.4 Å². The Hall–Kier alpha value is -3.00. The molecule has 0 unspecified atom stereocenters. The second-order valence-corrected chi connectivity index (χ2v) is 4.58. The Morgan fingerprint density at radius 2 is 2.05 bits per heavy atom. The van der Waals surface area contributed by atoms with Crippen molar-refractivity contribution in [1.29, 1.82) is 5.26 Å². The number of nitrogens with one attached hydrogen (secondary N) is 1. The average Bonchev–Trinajstić information content (AvgIpc) is 2.88. The normalized spacial score (nSPS) is 10.6. The van der Waals surface area contributed by atoms with E-state index in [2.05, 4.69) is 4.98 Å². The van der Waals surface area contributed by atoms with Gasteiger partial charge in [-0.3, -0.25) is 9.36 Å². The maximum atomic E-state index is 12.1. The number of anilines is 1. The van der Waals surface area contributed by atoms with Gasteiger partial charge in [0.05, 0.1) is 0 Å². The molecule has 0 aliphatic heterocycles. The molecule has 20 heavy (non-hydrogen) atoms. The first-order valence-corrected chi connectivity index (χ1v) is 6.09. The lowest BCUT2D eigenvalue weighted by Gasteiger charge is -2.08. The minimum atomic E-state index is -0.382. The third-order valence-corrected chi connectivity index (χ3v) is 3.46. The van der Waals surface area contributed by atoms with Crippen molar-refractivity contribution in [2.24, 2.45) is 7.05 Å². The molecule has 0 radical (unpaired) electrons. The zero-order chi connectivity index (χ0) is 14.3. The van der Waals surface area contributed by atoms with E-state index >= 15 is 0 Å². The fraction of sp³-hybridized carbons (Fsp3) is 0.0667. The van der Waals surface area contributed by atoms with Crippen LogP contribution in [0, 0.1) is 11.3 Å². The van der Waals surface area contributed by atoms with Gasteiger partial charge in [-0.15, -0.1) is 0 Å². The predicted molar refractivity (Wildman–Crippen MR) is 78.1 cm³/mol. The number of H-pyrrole nitrogens is 1. The fourth-order valence-corrected chi connectivity index (χ4v) is 2.33. The highest BCUT2D eigenvalue weighted by atomic mass is 16.1. The van der Waals surface area contributed by atoms with Crippen molar-refractivity contribution in [1.82, 2.24) is 9.55 Å². The Morgan fingerprint density at radius 3 is 2.80 bits per heavy atom. The largest absolute Gasteiger partial charge is 0.385 e. The Labute approximate surface area is 114 Å². The van der Waals surface area contributed by atoms with Crippen LogP contribution in [0.2, 0.25) is 0 Å². The third-order valence-electron chi connectivity index (χ3n) is 3.46. The third kappa shape index (κ3) is 1.59. The second kappa shape index (κ2) is 4.28. The quantitative estimate of drug-likeness (QED) is 0.704. The van der Waals surface area contributed by atoms with Crippen LogP contribution in [0.1, 0.15) is 5.56 Å². The van der Waals surface area contributed by atoms with Crippen molar-refractivity contribution >= 4 is 16.7 Å². The number of nitrogens with zero attached hydrogens (tertiary/aromatic N) is 2. The van der Waals surface area contributed by atoms with Crippen LogP contribution in [0.4, 0.5) is 5.82 Å². The summed E-state index contributed by atoms with van der Waals surface area (Å²) in [6.07, 6.45) is 1.79. The molecule has 3 N–H and O–H groups in total. The van der Waals surface area contributed by atoms with Crippen LogP contribution >= 0.6 is 0 Å². The van der Waals surface area contributed by atoms with Crippen molar-refractivity contribution in [3.63, 3.8) is 0 Å². The van der Waals surface area contributed by atoms with Gasteiger partial charge in [-0.2, -0.15) is 5.26 Å². The molecule has 3 rings (SSSR count). The second-order valence-electron chi connectivity index (χ2n) is 4.58. The number of hydrogen-bond donors (Lipinski definition) is 2. The number of para-hydroxylation sites is 1. The monoisotopic (exact) mass is 264 g/mol. The maximum absolute atomic E-state index is 12.1. The molecule has 98 valence electrons. The van der Waals surface area contributed by atoms with Crippen LogP contribution < -0.4 is 11.3 Å². The van der Waals surface area contributed by atoms with E-state index in [1.54, 1.807) is 19.3 Å². The van der Waals surface area contributed by atoms with Crippen molar-refractivity contribution in [3.8, 4) is 17.2 Å². The van der Waals surface area contributed by atoms with E-state index < -0.39 is 0 Å². The molecular weight excluding hydrogens is 252 g/mol. The van der Waals surface area contributed by atoms with Gasteiger partial charge in [0.2, 0.25) is 0 Å². The van der Waals surface area contributed by atoms with Crippen LogP contribution in [0.3, 0.4) is 0 Å². The molecule has 0 spiro atoms. The number of benzene rings is 1. The molecule has 5 heteroatoms. The zero-order valence-electron chi connectivity index (χ0n) is 10.8. The van der Waals surface area contributed by atoms with Gasteiger partial charge in [-0.1, -0.05) is 18.2 Å². The van der Waals surface area contributed by atoms with Gasteiger partial charge in [0.25, 0.3) is 5.56 Å². The van der Waals surface area contributed by atoms with E-state index in [0.29, 0.717) is 11.4 Å². The van der Waals surface area contributed by atoms with E-state index in [1.165, 1.54) is 4.57 Å². The van der Waals surface area contributed by atoms with Crippen molar-refractivity contribution in [2.45, 2.75) is 0 Å². The molecule has 5 nitrogen and oxygen atoms in total. The summed E-state index contributed by atoms with van der Waals surface area (Å²) in [5, 5.41) is 10.2. The molecule has 0 fully saturated rings. The topological polar surface area (TPSA) is 87.6 Å². The fourth-order valence-electron chi connectivity index (χ4n) is 2.33. The lowest BCUT2D eigenvalue weighted by Crippen LogP contribution is -2.23. The van der Waals surface area contributed by atoms with Gasteiger partial charge in [0, 0.05) is 35.3 Å². The van der Waals surface area contributed by atoms with Crippen LogP contribution in [0.25, 0.3) is 22.0 Å². The number of rotatable bonds is 1. The summed E-state index contributed by atoms with van der Waals surface area (Å²) >= 11 is 0. The van der Waals surface area contributed by atoms with Crippen LogP contribution in [-0.2, 0) is 7.05 Å². The van der Waals surface area contributed by atoms with Gasteiger partial charge < -0.3 is 10.7 Å². The number of fused-ring (bicyclic) bond motifs is 1. The van der Waals surface area contributed by atoms with Crippen LogP contribution in [0.15, 0.2) is 41.3 Å². The van der Waals surface area contributed by atoms with Gasteiger partial charge >= 0.3 is 0 Å². The van der Waals surface area contributed by atoms with Crippen molar-refractivity contribution < 1.29 is 0 Å². The number of pyridine rings is 1. The van der Waals surface area contributed by atoms with Crippen LogP contribution in [-0.4, -0.2) is 9.55 Å². The first-order chi connectivity index (χ1) is 9.63. The van der Waals surface area contributed by atoms with E-state index in [1.807, 2.05) is 30.3 Å². The summed E-state index contributed by atoms with van der Waals surface area (Å²) in [6.45, 7) is 0. The highest BCUT2D eigenvalue weighted by molar-refractivity contribution is 5.97. The molecular formula is C15H12N4O. The minimum absolute atomic E-state index is 0.103. The van der Waals surface area contributed by atoms with Crippen LogP contribution in [0.5, 0.6) is 0 Å². The number of nitrogens with two attached hydrogens (primary N) is 1. The molecule has 2 heterocycles. The van der Waals surface area contributed by atoms with Gasteiger partial charge in [-0.25, -0.2) is 0 Å². The summed E-state index contributed by atoms with van der Waals surface area (Å²) < 4.78 is 1.27. The lowest BCUT2D eigenvalue weighted by molar-refractivity contribution is 0.871. The number of nitrogen functional groups attached to an aromatic ring is 1. The van der Waals surface area contributed by atoms with E-state index in [9.17, 15) is 10.1 Å². The van der Waals surface area contributed by atoms with Gasteiger partial charge in [0.15, 0.2) is 0 Å². The summed E-state index contributed by atoms with van der Waals surface area (Å²) in [4.78, 5) is 15.3. The Bertz CT molecular complexity index is 912. The maximum Gasteiger partial charge on any atom is 0.270 e. The first-order valence-electron chi connectivity index (χ1n) is 6.09. The Kier molecular flexibility index (Phi) is 2.58. The van der Waals surface area contributed by atoms with Gasteiger partial charge in [-0.05, 0) is 12.1 Å². The molecule has 2 aromatic heterocycles. The molecule has 0 saturated heterocycles. The molecule has 0 saturated carbocycles. The molecule has 0 atom stereocenters. The number of nitriles is 1. The lowest BCUT2D eigenvalue weighted by atomic mass is 10.0. The van der Waals surface area contributed by atoms with Gasteiger partial charge in [0.1, 0.15) is 17.5 Å². The standard InChI is InChI=1S/C15H12N4O/c1-19-14(17)6-10(11(7-16)15(19)20)12-8-18-13-5-3-2-4-9(12)13/h2-6,8,18H,17H2,1H3. The number of hydrogen-bond acceptors (Lipinski definition) is 3. The summed E-state index contributed by atoms with van der Waals surface area (Å²) in [7, 11) is 1.55. The molecule has 0 bridgehead atoms. The highest BCUT2D eigenvalue weighted by Gasteiger charge is 2.15. The molecule has 0 aliphatic carbocycles. The smallest absolute Gasteiger partial charge is 0.270 e. The minimum Gasteiger partial charge on any atom is -0.385 e. The van der Waals surface area contributed by atoms with Crippen molar-refractivity contribution in [2.75, 3.05) is 5.73 Å². The van der Waals surface area contributed by atoms with E-state index in [-0.39, 0.29) is 11.1 Å². The summed E-state index contributed by atoms with van der Waals surface area (Å²) in [5.74, 6) is 0.328. The average molecular weight is 264 g/mol. The Morgan fingerprint density at radius 1 is 1.30 bits per heavy atom. The van der Waals surface area contributed by atoms with E-state index in [0.717, 1.165) is 16.5 Å². The highest BCUT2D eigenvalue weighted by Crippen LogP contribution is 2.30. The summed E-state index contributed by atoms with van der Waals surface area (Å²) in [5.41, 5.74) is 7.88. The number of aromatic amines is 1. The zero-order valence-corrected chi connectivity index (χ0v) is 10.8.